The second kappa shape index (κ2) is 7.30. The number of aromatic nitrogens is 3. The maximum absolute atomic E-state index is 4.24. The average Bonchev–Trinajstić information content (AvgIpc) is 3.43. The summed E-state index contributed by atoms with van der Waals surface area (Å²) in [7, 11) is 0. The van der Waals surface area contributed by atoms with Gasteiger partial charge in [0.1, 0.15) is 0 Å². The Bertz CT molecular complexity index is 1930. The van der Waals surface area contributed by atoms with Crippen molar-refractivity contribution in [1.82, 2.24) is 14.1 Å². The van der Waals surface area contributed by atoms with Crippen molar-refractivity contribution in [2.75, 3.05) is 0 Å². The van der Waals surface area contributed by atoms with Gasteiger partial charge in [-0.2, -0.15) is 0 Å². The Morgan fingerprint density at radius 1 is 0.389 bits per heavy atom. The SMILES string of the molecule is c1ccc(-n2c3ccccc3c3cc4cc5c6ccccc6n(-c6ccncc6)c5cc4cc32)cc1. The summed E-state index contributed by atoms with van der Waals surface area (Å²) in [5.74, 6) is 0. The number of para-hydroxylation sites is 3. The third-order valence-electron chi connectivity index (χ3n) is 7.36. The van der Waals surface area contributed by atoms with Crippen molar-refractivity contribution in [2.24, 2.45) is 0 Å². The van der Waals surface area contributed by atoms with E-state index >= 15 is 0 Å². The van der Waals surface area contributed by atoms with Crippen LogP contribution in [0, 0.1) is 0 Å². The predicted molar refractivity (Wildman–Crippen MR) is 150 cm³/mol. The van der Waals surface area contributed by atoms with Crippen LogP contribution in [-0.2, 0) is 0 Å². The Morgan fingerprint density at radius 3 is 1.44 bits per heavy atom. The molecule has 0 aliphatic heterocycles. The lowest BCUT2D eigenvalue weighted by Gasteiger charge is -2.09. The first-order valence-electron chi connectivity index (χ1n) is 12.2. The zero-order valence-electron chi connectivity index (χ0n) is 19.5. The van der Waals surface area contributed by atoms with Crippen LogP contribution < -0.4 is 0 Å². The molecule has 36 heavy (non-hydrogen) atoms. The number of rotatable bonds is 2. The highest BCUT2D eigenvalue weighted by molar-refractivity contribution is 6.18. The van der Waals surface area contributed by atoms with Gasteiger partial charge in [0.05, 0.1) is 22.1 Å². The van der Waals surface area contributed by atoms with E-state index in [1.54, 1.807) is 0 Å². The maximum atomic E-state index is 4.24. The largest absolute Gasteiger partial charge is 0.309 e. The van der Waals surface area contributed by atoms with Crippen LogP contribution in [0.1, 0.15) is 0 Å². The van der Waals surface area contributed by atoms with Crippen molar-refractivity contribution < 1.29 is 0 Å². The summed E-state index contributed by atoms with van der Waals surface area (Å²) in [6, 6.07) is 41.6. The molecule has 0 saturated carbocycles. The first-order chi connectivity index (χ1) is 17.9. The molecule has 0 bridgehead atoms. The number of fused-ring (bicyclic) bond motifs is 7. The number of pyridine rings is 1. The molecule has 0 spiro atoms. The summed E-state index contributed by atoms with van der Waals surface area (Å²) in [6.45, 7) is 0. The molecule has 0 saturated heterocycles. The fraction of sp³-hybridized carbons (Fsp3) is 0. The molecule has 0 amide bonds. The zero-order valence-corrected chi connectivity index (χ0v) is 19.5. The minimum absolute atomic E-state index is 1.12. The van der Waals surface area contributed by atoms with Gasteiger partial charge in [-0.25, -0.2) is 0 Å². The number of benzene rings is 5. The van der Waals surface area contributed by atoms with E-state index in [2.05, 4.69) is 129 Å². The van der Waals surface area contributed by atoms with Crippen LogP contribution in [-0.4, -0.2) is 14.1 Å². The molecule has 0 aliphatic carbocycles. The van der Waals surface area contributed by atoms with E-state index in [-0.39, 0.29) is 0 Å². The van der Waals surface area contributed by atoms with Gasteiger partial charge in [0.25, 0.3) is 0 Å². The molecule has 0 fully saturated rings. The molecule has 0 atom stereocenters. The van der Waals surface area contributed by atoms with Crippen molar-refractivity contribution in [1.29, 1.82) is 0 Å². The van der Waals surface area contributed by atoms with Crippen LogP contribution in [0.3, 0.4) is 0 Å². The quantitative estimate of drug-likeness (QED) is 0.254. The molecule has 5 aromatic carbocycles. The molecule has 0 unspecified atom stereocenters. The van der Waals surface area contributed by atoms with E-state index < -0.39 is 0 Å². The van der Waals surface area contributed by atoms with Gasteiger partial charge in [0, 0.05) is 45.3 Å². The minimum Gasteiger partial charge on any atom is -0.309 e. The Kier molecular flexibility index (Phi) is 3.94. The van der Waals surface area contributed by atoms with Crippen LogP contribution in [0.4, 0.5) is 0 Å². The highest BCUT2D eigenvalue weighted by Crippen LogP contribution is 2.38. The molecular weight excluding hydrogens is 438 g/mol. The number of hydrogen-bond donors (Lipinski definition) is 0. The highest BCUT2D eigenvalue weighted by Gasteiger charge is 2.16. The van der Waals surface area contributed by atoms with Crippen LogP contribution in [0.2, 0.25) is 0 Å². The van der Waals surface area contributed by atoms with Crippen molar-refractivity contribution in [3.05, 3.63) is 128 Å². The Hall–Kier alpha value is -4.89. The van der Waals surface area contributed by atoms with Crippen LogP contribution >= 0.6 is 0 Å². The maximum Gasteiger partial charge on any atom is 0.0547 e. The lowest BCUT2D eigenvalue weighted by Crippen LogP contribution is -1.94. The Morgan fingerprint density at radius 2 is 0.861 bits per heavy atom. The van der Waals surface area contributed by atoms with Gasteiger partial charge in [0.2, 0.25) is 0 Å². The fourth-order valence-corrected chi connectivity index (χ4v) is 5.81. The highest BCUT2D eigenvalue weighted by atomic mass is 15.0. The van der Waals surface area contributed by atoms with Crippen LogP contribution in [0.15, 0.2) is 128 Å². The van der Waals surface area contributed by atoms with Crippen LogP contribution in [0.5, 0.6) is 0 Å². The first-order valence-corrected chi connectivity index (χ1v) is 12.2. The molecule has 3 aromatic heterocycles. The second-order valence-corrected chi connectivity index (χ2v) is 9.33. The molecule has 3 nitrogen and oxygen atoms in total. The first kappa shape index (κ1) is 19.4. The summed E-state index contributed by atoms with van der Waals surface area (Å²) in [4.78, 5) is 4.24. The normalized spacial score (nSPS) is 11.9. The summed E-state index contributed by atoms with van der Waals surface area (Å²) >= 11 is 0. The standard InChI is InChI=1S/C33H21N3/c1-2-8-24(9-3-1)35-30-12-6-4-10-26(30)28-18-22-19-29-27-11-5-7-13-31(27)36(25-14-16-34-17-15-25)33(29)21-23(22)20-32(28)35/h1-21H. The third kappa shape index (κ3) is 2.65. The summed E-state index contributed by atoms with van der Waals surface area (Å²) in [6.07, 6.45) is 3.72. The molecular formula is C33H21N3. The number of hydrogen-bond acceptors (Lipinski definition) is 1. The molecule has 8 rings (SSSR count). The van der Waals surface area contributed by atoms with E-state index in [1.807, 2.05) is 12.4 Å². The lowest BCUT2D eigenvalue weighted by molar-refractivity contribution is 1.16. The van der Waals surface area contributed by atoms with Crippen molar-refractivity contribution >= 4 is 54.4 Å². The topological polar surface area (TPSA) is 22.8 Å². The van der Waals surface area contributed by atoms with E-state index in [4.69, 9.17) is 0 Å². The molecule has 3 heterocycles. The molecule has 3 heteroatoms. The monoisotopic (exact) mass is 459 g/mol. The van der Waals surface area contributed by atoms with Crippen molar-refractivity contribution in [2.45, 2.75) is 0 Å². The molecule has 8 aromatic rings. The van der Waals surface area contributed by atoms with Gasteiger partial charge in [-0.15, -0.1) is 0 Å². The lowest BCUT2D eigenvalue weighted by atomic mass is 10.0. The van der Waals surface area contributed by atoms with Gasteiger partial charge in [0.15, 0.2) is 0 Å². The molecule has 168 valence electrons. The van der Waals surface area contributed by atoms with Gasteiger partial charge in [-0.3, -0.25) is 4.98 Å². The van der Waals surface area contributed by atoms with Crippen molar-refractivity contribution in [3.8, 4) is 11.4 Å². The zero-order chi connectivity index (χ0) is 23.6. The smallest absolute Gasteiger partial charge is 0.0547 e. The summed E-state index contributed by atoms with van der Waals surface area (Å²) in [5, 5.41) is 7.56. The van der Waals surface area contributed by atoms with Crippen molar-refractivity contribution in [3.63, 3.8) is 0 Å². The van der Waals surface area contributed by atoms with E-state index in [0.29, 0.717) is 0 Å². The third-order valence-corrected chi connectivity index (χ3v) is 7.36. The second-order valence-electron chi connectivity index (χ2n) is 9.33. The van der Waals surface area contributed by atoms with Gasteiger partial charge >= 0.3 is 0 Å². The summed E-state index contributed by atoms with van der Waals surface area (Å²) in [5.41, 5.74) is 7.16. The van der Waals surface area contributed by atoms with E-state index in [9.17, 15) is 0 Å². The van der Waals surface area contributed by atoms with E-state index in [0.717, 1.165) is 5.69 Å². The molecule has 0 N–H and O–H groups in total. The minimum atomic E-state index is 1.12. The Balaban J connectivity index is 1.53. The van der Waals surface area contributed by atoms with Gasteiger partial charge < -0.3 is 9.13 Å². The van der Waals surface area contributed by atoms with Gasteiger partial charge in [-0.05, 0) is 71.4 Å². The molecule has 0 aliphatic rings. The fourth-order valence-electron chi connectivity index (χ4n) is 5.81. The van der Waals surface area contributed by atoms with Gasteiger partial charge in [-0.1, -0.05) is 54.6 Å². The van der Waals surface area contributed by atoms with E-state index in [1.165, 1.54) is 60.1 Å². The summed E-state index contributed by atoms with van der Waals surface area (Å²) < 4.78 is 4.73. The number of nitrogens with zero attached hydrogens (tertiary/aromatic N) is 3. The average molecular weight is 460 g/mol. The Labute approximate surface area is 207 Å². The predicted octanol–water partition coefficient (Wildman–Crippen LogP) is 8.43. The molecule has 0 radical (unpaired) electrons. The van der Waals surface area contributed by atoms with Crippen LogP contribution in [0.25, 0.3) is 65.8 Å².